The molecule has 0 aliphatic rings. The molecule has 0 unspecified atom stereocenters. The van der Waals surface area contributed by atoms with Gasteiger partial charge in [-0.15, -0.1) is 0 Å². The number of hydrogen-bond donors (Lipinski definition) is 1. The number of rotatable bonds is 4. The highest BCUT2D eigenvalue weighted by Gasteiger charge is 2.32. The van der Waals surface area contributed by atoms with Gasteiger partial charge in [-0.3, -0.25) is 4.79 Å². The third-order valence-electron chi connectivity index (χ3n) is 3.75. The number of nitrogens with zero attached hydrogens (tertiary/aromatic N) is 6. The van der Waals surface area contributed by atoms with Gasteiger partial charge in [0, 0.05) is 10.6 Å². The largest absolute Gasteiger partial charge is 0.416 e. The summed E-state index contributed by atoms with van der Waals surface area (Å²) in [7, 11) is 0. The topological polar surface area (TPSA) is 109 Å². The Morgan fingerprint density at radius 2 is 1.90 bits per heavy atom. The number of nitriles is 1. The molecule has 0 saturated heterocycles. The minimum atomic E-state index is -4.64. The average Bonchev–Trinajstić information content (AvgIpc) is 3.17. The second kappa shape index (κ2) is 9.10. The summed E-state index contributed by atoms with van der Waals surface area (Å²) >= 11 is 5.72. The summed E-state index contributed by atoms with van der Waals surface area (Å²) in [5, 5.41) is 15.1. The van der Waals surface area contributed by atoms with Gasteiger partial charge in [-0.05, 0) is 25.1 Å². The number of aromatic nitrogens is 5. The molecule has 0 fully saturated rings. The van der Waals surface area contributed by atoms with E-state index in [1.165, 1.54) is 23.4 Å². The van der Waals surface area contributed by atoms with Gasteiger partial charge in [0.1, 0.15) is 12.4 Å². The number of amides is 1. The zero-order chi connectivity index (χ0) is 21.2. The molecule has 0 saturated carbocycles. The lowest BCUT2D eigenvalue weighted by atomic mass is 10.1. The van der Waals surface area contributed by atoms with Gasteiger partial charge in [0.15, 0.2) is 5.82 Å². The molecule has 2 heterocycles. The monoisotopic (exact) mass is 455 g/mol. The van der Waals surface area contributed by atoms with Gasteiger partial charge in [0.25, 0.3) is 11.9 Å². The van der Waals surface area contributed by atoms with Gasteiger partial charge in [-0.25, -0.2) is 15.0 Å². The van der Waals surface area contributed by atoms with E-state index in [4.69, 9.17) is 16.9 Å². The van der Waals surface area contributed by atoms with Crippen molar-refractivity contribution in [2.24, 2.45) is 0 Å². The smallest absolute Gasteiger partial charge is 0.342 e. The first-order valence-electron chi connectivity index (χ1n) is 8.00. The molecule has 1 N–H and O–H groups in total. The van der Waals surface area contributed by atoms with Gasteiger partial charge >= 0.3 is 6.18 Å². The molecule has 0 radical (unpaired) electrons. The predicted octanol–water partition coefficient (Wildman–Crippen LogP) is 3.20. The number of nitrogens with one attached hydrogen (secondary N) is 1. The van der Waals surface area contributed by atoms with Crippen molar-refractivity contribution >= 4 is 31.0 Å². The third kappa shape index (κ3) is 5.05. The minimum absolute atomic E-state index is 0. The Kier molecular flexibility index (Phi) is 7.01. The Morgan fingerprint density at radius 3 is 2.50 bits per heavy atom. The number of benzene rings is 1. The standard InChI is InChI=1S/C17H11ClF3N7O.H2S/c1-9(14-25-8-26-28(14)16-23-6-10(5-22)7-24-16)27-15(29)11-2-12(17(19,20)21)4-13(18)3-11;/h2-4,6-9H,1H3,(H,27,29);1H2/t9-;/m0./s1. The third-order valence-corrected chi connectivity index (χ3v) is 3.97. The van der Waals surface area contributed by atoms with Crippen molar-refractivity contribution in [2.75, 3.05) is 0 Å². The fraction of sp³-hybridized carbons (Fsp3) is 0.176. The van der Waals surface area contributed by atoms with Crippen LogP contribution in [0.1, 0.15) is 40.3 Å². The van der Waals surface area contributed by atoms with Crippen molar-refractivity contribution in [1.29, 1.82) is 5.26 Å². The van der Waals surface area contributed by atoms with Crippen molar-refractivity contribution in [1.82, 2.24) is 30.0 Å². The van der Waals surface area contributed by atoms with E-state index >= 15 is 0 Å². The summed E-state index contributed by atoms with van der Waals surface area (Å²) in [6, 6.07) is 3.71. The molecule has 0 bridgehead atoms. The Bertz CT molecular complexity index is 1100. The van der Waals surface area contributed by atoms with E-state index < -0.39 is 23.7 Å². The van der Waals surface area contributed by atoms with Crippen LogP contribution in [-0.4, -0.2) is 30.6 Å². The molecule has 1 amide bonds. The number of carbonyl (C=O) groups excluding carboxylic acids is 1. The van der Waals surface area contributed by atoms with Crippen molar-refractivity contribution in [3.63, 3.8) is 0 Å². The molecule has 1 atom stereocenters. The van der Waals surface area contributed by atoms with E-state index in [2.05, 4.69) is 25.4 Å². The van der Waals surface area contributed by atoms with E-state index in [1.807, 2.05) is 6.07 Å². The van der Waals surface area contributed by atoms with Crippen LogP contribution in [0.3, 0.4) is 0 Å². The Labute approximate surface area is 180 Å². The van der Waals surface area contributed by atoms with Gasteiger partial charge in [0.2, 0.25) is 0 Å². The van der Waals surface area contributed by atoms with Crippen molar-refractivity contribution in [3.05, 3.63) is 64.5 Å². The van der Waals surface area contributed by atoms with Crippen LogP contribution in [0.5, 0.6) is 0 Å². The number of alkyl halides is 3. The minimum Gasteiger partial charge on any atom is -0.342 e. The first-order valence-corrected chi connectivity index (χ1v) is 8.38. The lowest BCUT2D eigenvalue weighted by molar-refractivity contribution is -0.137. The van der Waals surface area contributed by atoms with E-state index in [-0.39, 0.29) is 41.4 Å². The van der Waals surface area contributed by atoms with Crippen LogP contribution in [0.2, 0.25) is 5.02 Å². The van der Waals surface area contributed by atoms with Crippen molar-refractivity contribution in [2.45, 2.75) is 19.1 Å². The van der Waals surface area contributed by atoms with Gasteiger partial charge in [-0.2, -0.15) is 41.7 Å². The van der Waals surface area contributed by atoms with Crippen LogP contribution >= 0.6 is 25.1 Å². The molecular weight excluding hydrogens is 443 g/mol. The number of halogens is 4. The average molecular weight is 456 g/mol. The molecule has 3 rings (SSSR count). The summed E-state index contributed by atoms with van der Waals surface area (Å²) in [5.74, 6) is -0.429. The van der Waals surface area contributed by atoms with Crippen molar-refractivity contribution < 1.29 is 18.0 Å². The first-order chi connectivity index (χ1) is 13.7. The number of hydrogen-bond acceptors (Lipinski definition) is 6. The maximum absolute atomic E-state index is 12.9. The highest BCUT2D eigenvalue weighted by molar-refractivity contribution is 7.59. The molecular formula is C17H13ClF3N7OS. The molecule has 3 aromatic rings. The van der Waals surface area contributed by atoms with Crippen LogP contribution in [-0.2, 0) is 6.18 Å². The molecule has 13 heteroatoms. The lowest BCUT2D eigenvalue weighted by Crippen LogP contribution is -2.29. The lowest BCUT2D eigenvalue weighted by Gasteiger charge is -2.15. The molecule has 1 aromatic carbocycles. The SMILES string of the molecule is C[C@H](NC(=O)c1cc(Cl)cc(C(F)(F)F)c1)c1ncnn1-c1ncc(C#N)cn1.S. The van der Waals surface area contributed by atoms with Gasteiger partial charge < -0.3 is 5.32 Å². The summed E-state index contributed by atoms with van der Waals surface area (Å²) in [4.78, 5) is 24.5. The van der Waals surface area contributed by atoms with E-state index in [1.54, 1.807) is 6.92 Å². The van der Waals surface area contributed by atoms with Crippen LogP contribution in [0.25, 0.3) is 5.95 Å². The molecule has 0 spiro atoms. The molecule has 30 heavy (non-hydrogen) atoms. The quantitative estimate of drug-likeness (QED) is 0.647. The summed E-state index contributed by atoms with van der Waals surface area (Å²) in [5.41, 5.74) is -1.03. The fourth-order valence-electron chi connectivity index (χ4n) is 2.42. The second-order valence-electron chi connectivity index (χ2n) is 5.84. The van der Waals surface area contributed by atoms with Gasteiger partial charge in [0.05, 0.1) is 29.6 Å². The molecule has 8 nitrogen and oxygen atoms in total. The molecule has 0 aliphatic carbocycles. The van der Waals surface area contributed by atoms with Crippen molar-refractivity contribution in [3.8, 4) is 12.0 Å². The van der Waals surface area contributed by atoms with E-state index in [0.717, 1.165) is 12.1 Å². The molecule has 2 aromatic heterocycles. The van der Waals surface area contributed by atoms with E-state index in [9.17, 15) is 18.0 Å². The maximum Gasteiger partial charge on any atom is 0.416 e. The first kappa shape index (κ1) is 23.1. The maximum atomic E-state index is 12.9. The summed E-state index contributed by atoms with van der Waals surface area (Å²) < 4.78 is 40.1. The van der Waals surface area contributed by atoms with Gasteiger partial charge in [-0.1, -0.05) is 11.6 Å². The highest BCUT2D eigenvalue weighted by Crippen LogP contribution is 2.32. The van der Waals surface area contributed by atoms with Crippen LogP contribution in [0, 0.1) is 11.3 Å². The predicted molar refractivity (Wildman–Crippen MR) is 104 cm³/mol. The number of carbonyl (C=O) groups is 1. The molecule has 156 valence electrons. The Morgan fingerprint density at radius 1 is 1.23 bits per heavy atom. The highest BCUT2D eigenvalue weighted by atomic mass is 35.5. The summed E-state index contributed by atoms with van der Waals surface area (Å²) in [6.45, 7) is 1.57. The van der Waals surface area contributed by atoms with Crippen LogP contribution in [0.4, 0.5) is 13.2 Å². The fourth-order valence-corrected chi connectivity index (χ4v) is 2.65. The Hall–Kier alpha value is -3.17. The second-order valence-corrected chi connectivity index (χ2v) is 6.27. The zero-order valence-electron chi connectivity index (χ0n) is 15.1. The Balaban J connectivity index is 0.00000320. The zero-order valence-corrected chi connectivity index (χ0v) is 16.9. The van der Waals surface area contributed by atoms with Crippen LogP contribution in [0.15, 0.2) is 36.9 Å². The summed E-state index contributed by atoms with van der Waals surface area (Å²) in [6.07, 6.45) is -0.845. The van der Waals surface area contributed by atoms with Crippen LogP contribution < -0.4 is 5.32 Å². The van der Waals surface area contributed by atoms with E-state index in [0.29, 0.717) is 6.07 Å². The normalized spacial score (nSPS) is 11.9. The molecule has 0 aliphatic heterocycles.